The maximum atomic E-state index is 11.0. The lowest BCUT2D eigenvalue weighted by atomic mass is 9.99. The second kappa shape index (κ2) is 13.9. The van der Waals surface area contributed by atoms with Gasteiger partial charge in [0, 0.05) is 6.08 Å². The molecule has 0 rings (SSSR count). The standard InChI is InChI=1S/C19H34O2/c1-5-6-7-8-9-10-11-12-13-17(2)16-18(3)14-15-19(20)21-4/h14-17H,5-13H2,1-4H3/b15-14+,18-16+/t17-/m0/s1. The van der Waals surface area contributed by atoms with Crippen molar-refractivity contribution in [3.8, 4) is 0 Å². The molecular weight excluding hydrogens is 260 g/mol. The summed E-state index contributed by atoms with van der Waals surface area (Å²) in [5.41, 5.74) is 1.13. The summed E-state index contributed by atoms with van der Waals surface area (Å²) in [6, 6.07) is 0. The molecule has 0 aromatic heterocycles. The van der Waals surface area contributed by atoms with Crippen molar-refractivity contribution in [1.29, 1.82) is 0 Å². The fourth-order valence-corrected chi connectivity index (χ4v) is 2.46. The Balaban J connectivity index is 3.67. The molecule has 122 valence electrons. The molecule has 0 bridgehead atoms. The van der Waals surface area contributed by atoms with Gasteiger partial charge in [-0.2, -0.15) is 0 Å². The average molecular weight is 294 g/mol. The van der Waals surface area contributed by atoms with Gasteiger partial charge >= 0.3 is 5.97 Å². The molecule has 0 saturated heterocycles. The van der Waals surface area contributed by atoms with Crippen molar-refractivity contribution < 1.29 is 9.53 Å². The van der Waals surface area contributed by atoms with Crippen LogP contribution in [0, 0.1) is 5.92 Å². The molecule has 0 aliphatic carbocycles. The SMILES string of the molecule is CCCCCCCCCC[C@H](C)/C=C(C)/C=C/C(=O)OC. The minimum Gasteiger partial charge on any atom is -0.466 e. The van der Waals surface area contributed by atoms with Crippen molar-refractivity contribution in [3.05, 3.63) is 23.8 Å². The Kier molecular flexibility index (Phi) is 13.2. The van der Waals surface area contributed by atoms with E-state index >= 15 is 0 Å². The first-order chi connectivity index (χ1) is 10.1. The van der Waals surface area contributed by atoms with Gasteiger partial charge in [0.15, 0.2) is 0 Å². The molecule has 0 aromatic carbocycles. The summed E-state index contributed by atoms with van der Waals surface area (Å²) >= 11 is 0. The highest BCUT2D eigenvalue weighted by Gasteiger charge is 1.99. The molecule has 1 atom stereocenters. The van der Waals surface area contributed by atoms with E-state index in [-0.39, 0.29) is 5.97 Å². The van der Waals surface area contributed by atoms with Gasteiger partial charge in [0.1, 0.15) is 0 Å². The Bertz CT molecular complexity index is 316. The first-order valence-corrected chi connectivity index (χ1v) is 8.54. The number of carbonyl (C=O) groups is 1. The molecule has 0 aliphatic rings. The summed E-state index contributed by atoms with van der Waals surface area (Å²) < 4.78 is 4.58. The highest BCUT2D eigenvalue weighted by molar-refractivity contribution is 5.82. The third-order valence-corrected chi connectivity index (χ3v) is 3.74. The number of rotatable bonds is 12. The molecule has 0 spiro atoms. The highest BCUT2D eigenvalue weighted by Crippen LogP contribution is 2.15. The third kappa shape index (κ3) is 13.7. The largest absolute Gasteiger partial charge is 0.466 e. The second-order valence-electron chi connectivity index (χ2n) is 6.01. The van der Waals surface area contributed by atoms with Crippen molar-refractivity contribution >= 4 is 5.97 Å². The minimum absolute atomic E-state index is 0.293. The van der Waals surface area contributed by atoms with Gasteiger partial charge < -0.3 is 4.74 Å². The van der Waals surface area contributed by atoms with Gasteiger partial charge in [0.05, 0.1) is 7.11 Å². The van der Waals surface area contributed by atoms with E-state index in [4.69, 9.17) is 0 Å². The van der Waals surface area contributed by atoms with Crippen molar-refractivity contribution in [2.75, 3.05) is 7.11 Å². The molecule has 0 radical (unpaired) electrons. The summed E-state index contributed by atoms with van der Waals surface area (Å²) in [6.07, 6.45) is 17.7. The Morgan fingerprint density at radius 2 is 1.57 bits per heavy atom. The minimum atomic E-state index is -0.293. The van der Waals surface area contributed by atoms with E-state index in [1.807, 2.05) is 13.0 Å². The first-order valence-electron chi connectivity index (χ1n) is 8.54. The van der Waals surface area contributed by atoms with Crippen molar-refractivity contribution in [2.24, 2.45) is 5.92 Å². The predicted octanol–water partition coefficient (Wildman–Crippen LogP) is 5.83. The maximum absolute atomic E-state index is 11.0. The van der Waals surface area contributed by atoms with E-state index in [0.29, 0.717) is 5.92 Å². The number of hydrogen-bond donors (Lipinski definition) is 0. The maximum Gasteiger partial charge on any atom is 0.330 e. The van der Waals surface area contributed by atoms with E-state index in [1.165, 1.54) is 71.0 Å². The molecule has 0 aromatic rings. The van der Waals surface area contributed by atoms with E-state index in [1.54, 1.807) is 0 Å². The number of esters is 1. The average Bonchev–Trinajstić information content (AvgIpc) is 2.47. The monoisotopic (exact) mass is 294 g/mol. The summed E-state index contributed by atoms with van der Waals surface area (Å²) in [5.74, 6) is 0.283. The molecule has 0 N–H and O–H groups in total. The lowest BCUT2D eigenvalue weighted by molar-refractivity contribution is -0.134. The van der Waals surface area contributed by atoms with Gasteiger partial charge in [-0.3, -0.25) is 0 Å². The molecule has 0 amide bonds. The van der Waals surface area contributed by atoms with Crippen LogP contribution in [0.25, 0.3) is 0 Å². The first kappa shape index (κ1) is 19.9. The van der Waals surface area contributed by atoms with Crippen molar-refractivity contribution in [3.63, 3.8) is 0 Å². The van der Waals surface area contributed by atoms with Crippen LogP contribution < -0.4 is 0 Å². The normalized spacial score (nSPS) is 13.6. The van der Waals surface area contributed by atoms with Gasteiger partial charge in [-0.05, 0) is 19.3 Å². The molecule has 0 saturated carbocycles. The zero-order valence-electron chi connectivity index (χ0n) is 14.5. The number of methoxy groups -OCH3 is 1. The van der Waals surface area contributed by atoms with Gasteiger partial charge in [0.25, 0.3) is 0 Å². The summed E-state index contributed by atoms with van der Waals surface area (Å²) in [7, 11) is 1.40. The molecule has 0 aliphatic heterocycles. The zero-order chi connectivity index (χ0) is 15.9. The smallest absolute Gasteiger partial charge is 0.330 e. The van der Waals surface area contributed by atoms with Gasteiger partial charge in [-0.1, -0.05) is 82.9 Å². The lowest BCUT2D eigenvalue weighted by Crippen LogP contribution is -1.94. The number of ether oxygens (including phenoxy) is 1. The quantitative estimate of drug-likeness (QED) is 0.196. The van der Waals surface area contributed by atoms with Gasteiger partial charge in [0.2, 0.25) is 0 Å². The summed E-state index contributed by atoms with van der Waals surface area (Å²) in [4.78, 5) is 11.0. The molecule has 2 nitrogen and oxygen atoms in total. The summed E-state index contributed by atoms with van der Waals surface area (Å²) in [5, 5.41) is 0. The zero-order valence-corrected chi connectivity index (χ0v) is 14.5. The summed E-state index contributed by atoms with van der Waals surface area (Å²) in [6.45, 7) is 6.54. The van der Waals surface area contributed by atoms with Crippen molar-refractivity contribution in [1.82, 2.24) is 0 Å². The van der Waals surface area contributed by atoms with E-state index in [2.05, 4.69) is 24.7 Å². The topological polar surface area (TPSA) is 26.3 Å². The Labute approximate surface area is 131 Å². The van der Waals surface area contributed by atoms with Crippen LogP contribution in [0.15, 0.2) is 23.8 Å². The third-order valence-electron chi connectivity index (χ3n) is 3.74. The second-order valence-corrected chi connectivity index (χ2v) is 6.01. The fraction of sp³-hybridized carbons (Fsp3) is 0.737. The Morgan fingerprint density at radius 1 is 1.00 bits per heavy atom. The number of hydrogen-bond acceptors (Lipinski definition) is 2. The van der Waals surface area contributed by atoms with Crippen LogP contribution >= 0.6 is 0 Å². The molecule has 0 fully saturated rings. The van der Waals surface area contributed by atoms with E-state index in [0.717, 1.165) is 5.57 Å². The van der Waals surface area contributed by atoms with Crippen LogP contribution in [-0.4, -0.2) is 13.1 Å². The van der Waals surface area contributed by atoms with Crippen LogP contribution in [-0.2, 0) is 9.53 Å². The molecular formula is C19H34O2. The van der Waals surface area contributed by atoms with Crippen LogP contribution in [0.4, 0.5) is 0 Å². The molecule has 21 heavy (non-hydrogen) atoms. The van der Waals surface area contributed by atoms with Crippen LogP contribution in [0.5, 0.6) is 0 Å². The van der Waals surface area contributed by atoms with Crippen LogP contribution in [0.2, 0.25) is 0 Å². The van der Waals surface area contributed by atoms with Gasteiger partial charge in [-0.15, -0.1) is 0 Å². The Hall–Kier alpha value is -1.05. The Morgan fingerprint density at radius 3 is 2.14 bits per heavy atom. The number of unbranched alkanes of at least 4 members (excludes halogenated alkanes) is 7. The van der Waals surface area contributed by atoms with Crippen LogP contribution in [0.1, 0.15) is 78.6 Å². The van der Waals surface area contributed by atoms with Crippen LogP contribution in [0.3, 0.4) is 0 Å². The molecule has 0 heterocycles. The highest BCUT2D eigenvalue weighted by atomic mass is 16.5. The van der Waals surface area contributed by atoms with E-state index in [9.17, 15) is 4.79 Å². The fourth-order valence-electron chi connectivity index (χ4n) is 2.46. The predicted molar refractivity (Wildman–Crippen MR) is 91.3 cm³/mol. The number of allylic oxidation sites excluding steroid dienone is 3. The lowest BCUT2D eigenvalue weighted by Gasteiger charge is -2.07. The van der Waals surface area contributed by atoms with Crippen molar-refractivity contribution in [2.45, 2.75) is 78.6 Å². The van der Waals surface area contributed by atoms with E-state index < -0.39 is 0 Å². The molecule has 2 heteroatoms. The van der Waals surface area contributed by atoms with Gasteiger partial charge in [-0.25, -0.2) is 4.79 Å². The molecule has 0 unspecified atom stereocenters. The number of carbonyl (C=O) groups excluding carboxylic acids is 1.